The van der Waals surface area contributed by atoms with Crippen molar-refractivity contribution in [1.82, 2.24) is 4.40 Å². The van der Waals surface area contributed by atoms with Gasteiger partial charge >= 0.3 is 5.97 Å². The fourth-order valence-electron chi connectivity index (χ4n) is 3.05. The van der Waals surface area contributed by atoms with E-state index < -0.39 is 0 Å². The van der Waals surface area contributed by atoms with Gasteiger partial charge in [0, 0.05) is 29.4 Å². The standard InChI is InChI=1S/C21H21NO4/c1-2-26-20(24)11-6-8-16-14-18(19-10-3-4-12-22(16)19)21(25)15-7-5-9-17(23)13-15/h3-5,7,9-10,12-14,23H,2,6,8,11H2,1H3. The number of phenolic OH excluding ortho intramolecular Hbond substituents is 1. The number of carbonyl (C=O) groups is 2. The minimum absolute atomic E-state index is 0.0639. The highest BCUT2D eigenvalue weighted by Gasteiger charge is 2.17. The lowest BCUT2D eigenvalue weighted by Gasteiger charge is -2.03. The first-order valence-corrected chi connectivity index (χ1v) is 8.68. The van der Waals surface area contributed by atoms with Gasteiger partial charge in [0.15, 0.2) is 5.78 Å². The van der Waals surface area contributed by atoms with E-state index in [1.54, 1.807) is 19.1 Å². The topological polar surface area (TPSA) is 68.0 Å². The number of ether oxygens (including phenoxy) is 1. The molecule has 26 heavy (non-hydrogen) atoms. The first-order chi connectivity index (χ1) is 12.6. The number of rotatable bonds is 7. The molecule has 2 aromatic heterocycles. The SMILES string of the molecule is CCOC(=O)CCCc1cc(C(=O)c2cccc(O)c2)c2ccccn12. The molecule has 5 nitrogen and oxygen atoms in total. The van der Waals surface area contributed by atoms with Gasteiger partial charge in [0.25, 0.3) is 0 Å². The van der Waals surface area contributed by atoms with Crippen molar-refractivity contribution >= 4 is 17.3 Å². The summed E-state index contributed by atoms with van der Waals surface area (Å²) in [4.78, 5) is 24.4. The molecular weight excluding hydrogens is 330 g/mol. The number of aryl methyl sites for hydroxylation is 1. The summed E-state index contributed by atoms with van der Waals surface area (Å²) in [6.45, 7) is 2.17. The Morgan fingerprint density at radius 1 is 1.12 bits per heavy atom. The summed E-state index contributed by atoms with van der Waals surface area (Å²) in [6, 6.07) is 13.9. The number of benzene rings is 1. The van der Waals surface area contributed by atoms with Crippen molar-refractivity contribution in [3.63, 3.8) is 0 Å². The summed E-state index contributed by atoms with van der Waals surface area (Å²) in [5, 5.41) is 9.64. The predicted molar refractivity (Wildman–Crippen MR) is 98.5 cm³/mol. The molecule has 134 valence electrons. The summed E-state index contributed by atoms with van der Waals surface area (Å²) in [5.74, 6) is -0.278. The molecular formula is C21H21NO4. The van der Waals surface area contributed by atoms with Crippen molar-refractivity contribution in [3.8, 4) is 5.75 Å². The predicted octanol–water partition coefficient (Wildman–Crippen LogP) is 3.76. The van der Waals surface area contributed by atoms with Crippen LogP contribution in [0.25, 0.3) is 5.52 Å². The maximum Gasteiger partial charge on any atom is 0.305 e. The summed E-state index contributed by atoms with van der Waals surface area (Å²) in [5.41, 5.74) is 2.81. The van der Waals surface area contributed by atoms with Crippen LogP contribution in [0, 0.1) is 0 Å². The van der Waals surface area contributed by atoms with Crippen LogP contribution in [0.15, 0.2) is 54.7 Å². The van der Waals surface area contributed by atoms with Gasteiger partial charge in [-0.1, -0.05) is 18.2 Å². The zero-order chi connectivity index (χ0) is 18.5. The van der Waals surface area contributed by atoms with E-state index in [1.807, 2.05) is 34.9 Å². The summed E-state index contributed by atoms with van der Waals surface area (Å²) in [7, 11) is 0. The Bertz CT molecular complexity index is 942. The number of carbonyl (C=O) groups excluding carboxylic acids is 2. The highest BCUT2D eigenvalue weighted by atomic mass is 16.5. The van der Waals surface area contributed by atoms with E-state index in [2.05, 4.69) is 0 Å². The molecule has 0 amide bonds. The van der Waals surface area contributed by atoms with Gasteiger partial charge in [-0.15, -0.1) is 0 Å². The maximum absolute atomic E-state index is 12.9. The number of phenols is 1. The number of fused-ring (bicyclic) bond motifs is 1. The number of hydrogen-bond donors (Lipinski definition) is 1. The van der Waals surface area contributed by atoms with Gasteiger partial charge in [-0.05, 0) is 50.1 Å². The lowest BCUT2D eigenvalue weighted by molar-refractivity contribution is -0.143. The second-order valence-corrected chi connectivity index (χ2v) is 6.04. The number of hydrogen-bond acceptors (Lipinski definition) is 4. The first kappa shape index (κ1) is 17.7. The molecule has 0 saturated heterocycles. The van der Waals surface area contributed by atoms with Gasteiger partial charge in [-0.25, -0.2) is 0 Å². The average Bonchev–Trinajstić information content (AvgIpc) is 3.00. The molecule has 2 heterocycles. The number of aromatic hydroxyl groups is 1. The van der Waals surface area contributed by atoms with Crippen LogP contribution >= 0.6 is 0 Å². The second-order valence-electron chi connectivity index (χ2n) is 6.04. The average molecular weight is 351 g/mol. The number of nitrogens with zero attached hydrogens (tertiary/aromatic N) is 1. The molecule has 0 spiro atoms. The summed E-state index contributed by atoms with van der Waals surface area (Å²) >= 11 is 0. The minimum atomic E-state index is -0.204. The van der Waals surface area contributed by atoms with Crippen molar-refractivity contribution in [3.05, 3.63) is 71.5 Å². The minimum Gasteiger partial charge on any atom is -0.508 e. The Balaban J connectivity index is 1.87. The Morgan fingerprint density at radius 3 is 2.73 bits per heavy atom. The lowest BCUT2D eigenvalue weighted by Crippen LogP contribution is -2.04. The van der Waals surface area contributed by atoms with Gasteiger partial charge in [0.1, 0.15) is 5.75 Å². The van der Waals surface area contributed by atoms with E-state index in [0.717, 1.165) is 11.2 Å². The van der Waals surface area contributed by atoms with Gasteiger partial charge < -0.3 is 14.2 Å². The van der Waals surface area contributed by atoms with Crippen LogP contribution in [0.3, 0.4) is 0 Å². The molecule has 0 aliphatic carbocycles. The van der Waals surface area contributed by atoms with Crippen LogP contribution in [0.5, 0.6) is 5.75 Å². The van der Waals surface area contributed by atoms with Gasteiger partial charge in [0.2, 0.25) is 0 Å². The van der Waals surface area contributed by atoms with E-state index >= 15 is 0 Å². The van der Waals surface area contributed by atoms with E-state index in [9.17, 15) is 14.7 Å². The Hall–Kier alpha value is -3.08. The van der Waals surface area contributed by atoms with E-state index in [0.29, 0.717) is 37.0 Å². The number of pyridine rings is 1. The normalized spacial score (nSPS) is 10.8. The van der Waals surface area contributed by atoms with E-state index in [1.165, 1.54) is 12.1 Å². The summed E-state index contributed by atoms with van der Waals surface area (Å²) in [6.07, 6.45) is 3.58. The molecule has 3 rings (SSSR count). The Kier molecular flexibility index (Phi) is 5.37. The maximum atomic E-state index is 12.9. The van der Waals surface area contributed by atoms with Crippen LogP contribution in [-0.2, 0) is 16.0 Å². The molecule has 0 aliphatic rings. The molecule has 0 radical (unpaired) electrons. The fourth-order valence-corrected chi connectivity index (χ4v) is 3.05. The summed E-state index contributed by atoms with van der Waals surface area (Å²) < 4.78 is 6.93. The van der Waals surface area contributed by atoms with Crippen molar-refractivity contribution in [1.29, 1.82) is 0 Å². The molecule has 5 heteroatoms. The van der Waals surface area contributed by atoms with Crippen molar-refractivity contribution in [2.75, 3.05) is 6.61 Å². The molecule has 0 aliphatic heterocycles. The molecule has 0 fully saturated rings. The molecule has 3 aromatic rings. The zero-order valence-corrected chi connectivity index (χ0v) is 14.6. The van der Waals surface area contributed by atoms with Crippen LogP contribution in [-0.4, -0.2) is 27.9 Å². The number of esters is 1. The molecule has 0 atom stereocenters. The largest absolute Gasteiger partial charge is 0.508 e. The lowest BCUT2D eigenvalue weighted by atomic mass is 10.0. The fraction of sp³-hybridized carbons (Fsp3) is 0.238. The highest BCUT2D eigenvalue weighted by molar-refractivity contribution is 6.13. The Morgan fingerprint density at radius 2 is 1.96 bits per heavy atom. The van der Waals surface area contributed by atoms with Crippen LogP contribution in [0.1, 0.15) is 41.4 Å². The smallest absolute Gasteiger partial charge is 0.305 e. The van der Waals surface area contributed by atoms with Gasteiger partial charge in [0.05, 0.1) is 12.1 Å². The molecule has 0 bridgehead atoms. The van der Waals surface area contributed by atoms with Gasteiger partial charge in [-0.2, -0.15) is 0 Å². The zero-order valence-electron chi connectivity index (χ0n) is 14.6. The Labute approximate surface area is 151 Å². The third-order valence-corrected chi connectivity index (χ3v) is 4.23. The number of ketones is 1. The van der Waals surface area contributed by atoms with Gasteiger partial charge in [-0.3, -0.25) is 9.59 Å². The van der Waals surface area contributed by atoms with Crippen molar-refractivity contribution < 1.29 is 19.4 Å². The van der Waals surface area contributed by atoms with E-state index in [4.69, 9.17) is 4.74 Å². The molecule has 1 aromatic carbocycles. The first-order valence-electron chi connectivity index (χ1n) is 8.68. The number of aromatic nitrogens is 1. The van der Waals surface area contributed by atoms with E-state index in [-0.39, 0.29) is 17.5 Å². The third kappa shape index (κ3) is 3.77. The molecule has 0 saturated carbocycles. The third-order valence-electron chi connectivity index (χ3n) is 4.23. The highest BCUT2D eigenvalue weighted by Crippen LogP contribution is 2.23. The second kappa shape index (κ2) is 7.87. The molecule has 0 unspecified atom stereocenters. The van der Waals surface area contributed by atoms with Crippen molar-refractivity contribution in [2.24, 2.45) is 0 Å². The van der Waals surface area contributed by atoms with Crippen molar-refractivity contribution in [2.45, 2.75) is 26.2 Å². The monoisotopic (exact) mass is 351 g/mol. The quantitative estimate of drug-likeness (QED) is 0.520. The van der Waals surface area contributed by atoms with Crippen LogP contribution < -0.4 is 0 Å². The van der Waals surface area contributed by atoms with Crippen LogP contribution in [0.2, 0.25) is 0 Å². The van der Waals surface area contributed by atoms with Crippen LogP contribution in [0.4, 0.5) is 0 Å². The molecule has 1 N–H and O–H groups in total.